The quantitative estimate of drug-likeness (QED) is 0.720. The lowest BCUT2D eigenvalue weighted by Crippen LogP contribution is -2.22. The van der Waals surface area contributed by atoms with Crippen LogP contribution in [0, 0.1) is 0 Å². The summed E-state index contributed by atoms with van der Waals surface area (Å²) in [6.45, 7) is 2.10. The smallest absolute Gasteiger partial charge is 0.267 e. The first-order valence-corrected chi connectivity index (χ1v) is 6.00. The second-order valence-electron chi connectivity index (χ2n) is 4.29. The maximum atomic E-state index is 11.0. The number of pyridine rings is 1. The van der Waals surface area contributed by atoms with E-state index in [-0.39, 0.29) is 0 Å². The molecule has 0 aliphatic carbocycles. The third-order valence-corrected chi connectivity index (χ3v) is 2.93. The number of rotatable bonds is 3. The van der Waals surface area contributed by atoms with Crippen LogP contribution in [0.3, 0.4) is 0 Å². The number of hydrogen-bond acceptors (Lipinski definition) is 4. The van der Waals surface area contributed by atoms with Gasteiger partial charge in [0.1, 0.15) is 11.5 Å². The van der Waals surface area contributed by atoms with Crippen molar-refractivity contribution in [3.8, 4) is 0 Å². The highest BCUT2D eigenvalue weighted by atomic mass is 16.1. The van der Waals surface area contributed by atoms with E-state index in [1.54, 1.807) is 12.1 Å². The highest BCUT2D eigenvalue weighted by Crippen LogP contribution is 2.12. The topological polar surface area (TPSA) is 80.0 Å². The Morgan fingerprint density at radius 1 is 1.41 bits per heavy atom. The normalized spacial score (nSPS) is 20.6. The Morgan fingerprint density at radius 2 is 2.29 bits per heavy atom. The number of carbonyl (C=O) groups is 1. The highest BCUT2D eigenvalue weighted by Gasteiger charge is 2.12. The van der Waals surface area contributed by atoms with E-state index in [2.05, 4.69) is 15.6 Å². The van der Waals surface area contributed by atoms with Gasteiger partial charge < -0.3 is 16.4 Å². The molecule has 0 radical (unpaired) electrons. The Morgan fingerprint density at radius 3 is 3.12 bits per heavy atom. The summed E-state index contributed by atoms with van der Waals surface area (Å²) in [7, 11) is 0. The Bertz CT molecular complexity index is 386. The van der Waals surface area contributed by atoms with Gasteiger partial charge in [-0.2, -0.15) is 0 Å². The molecule has 1 amide bonds. The van der Waals surface area contributed by atoms with Gasteiger partial charge in [-0.1, -0.05) is 6.07 Å². The van der Waals surface area contributed by atoms with Gasteiger partial charge in [-0.15, -0.1) is 0 Å². The zero-order chi connectivity index (χ0) is 12.1. The van der Waals surface area contributed by atoms with Crippen LogP contribution >= 0.6 is 0 Å². The summed E-state index contributed by atoms with van der Waals surface area (Å²) < 4.78 is 0. The molecule has 1 aromatic heterocycles. The van der Waals surface area contributed by atoms with Gasteiger partial charge in [-0.3, -0.25) is 4.79 Å². The number of primary amides is 1. The van der Waals surface area contributed by atoms with E-state index in [9.17, 15) is 4.79 Å². The van der Waals surface area contributed by atoms with Crippen LogP contribution in [-0.4, -0.2) is 30.0 Å². The molecule has 1 aliphatic heterocycles. The van der Waals surface area contributed by atoms with E-state index >= 15 is 0 Å². The average Bonchev–Trinajstić information content (AvgIpc) is 2.58. The molecule has 0 spiro atoms. The van der Waals surface area contributed by atoms with Gasteiger partial charge >= 0.3 is 0 Å². The first-order chi connectivity index (χ1) is 8.25. The van der Waals surface area contributed by atoms with Crippen molar-refractivity contribution in [1.29, 1.82) is 0 Å². The molecule has 5 heteroatoms. The fraction of sp³-hybridized carbons (Fsp3) is 0.500. The van der Waals surface area contributed by atoms with E-state index in [0.29, 0.717) is 11.7 Å². The first-order valence-electron chi connectivity index (χ1n) is 6.00. The number of aromatic nitrogens is 1. The zero-order valence-corrected chi connectivity index (χ0v) is 9.78. The molecule has 92 valence electrons. The molecule has 1 atom stereocenters. The maximum absolute atomic E-state index is 11.0. The van der Waals surface area contributed by atoms with Crippen LogP contribution in [0.1, 0.15) is 29.8 Å². The number of nitrogens with zero attached hydrogens (tertiary/aromatic N) is 1. The van der Waals surface area contributed by atoms with Gasteiger partial charge in [0.05, 0.1) is 0 Å². The van der Waals surface area contributed by atoms with Crippen molar-refractivity contribution in [1.82, 2.24) is 10.3 Å². The minimum absolute atomic E-state index is 0.307. The lowest BCUT2D eigenvalue weighted by atomic mass is 10.1. The van der Waals surface area contributed by atoms with Gasteiger partial charge in [0.2, 0.25) is 0 Å². The van der Waals surface area contributed by atoms with E-state index in [1.807, 2.05) is 6.07 Å². The minimum Gasteiger partial charge on any atom is -0.367 e. The Kier molecular flexibility index (Phi) is 3.93. The van der Waals surface area contributed by atoms with Crippen LogP contribution in [0.15, 0.2) is 18.2 Å². The van der Waals surface area contributed by atoms with Crippen LogP contribution in [0.25, 0.3) is 0 Å². The van der Waals surface area contributed by atoms with Crippen LogP contribution < -0.4 is 16.4 Å². The SMILES string of the molecule is NC(=O)c1cccc(NC2CCCNCC2)n1. The van der Waals surface area contributed by atoms with Crippen molar-refractivity contribution in [2.75, 3.05) is 18.4 Å². The molecule has 4 N–H and O–H groups in total. The fourth-order valence-corrected chi connectivity index (χ4v) is 2.02. The van der Waals surface area contributed by atoms with Gasteiger partial charge in [0, 0.05) is 6.04 Å². The number of nitrogens with one attached hydrogen (secondary N) is 2. The molecule has 1 unspecified atom stereocenters. The summed E-state index contributed by atoms with van der Waals surface area (Å²) in [5.41, 5.74) is 5.51. The second kappa shape index (κ2) is 5.63. The zero-order valence-electron chi connectivity index (χ0n) is 9.78. The molecule has 0 aromatic carbocycles. The summed E-state index contributed by atoms with van der Waals surface area (Å²) in [5.74, 6) is 0.240. The van der Waals surface area contributed by atoms with E-state index in [0.717, 1.165) is 38.2 Å². The summed E-state index contributed by atoms with van der Waals surface area (Å²) in [6, 6.07) is 5.71. The summed E-state index contributed by atoms with van der Waals surface area (Å²) >= 11 is 0. The summed E-state index contributed by atoms with van der Waals surface area (Å²) in [4.78, 5) is 15.2. The van der Waals surface area contributed by atoms with Crippen molar-refractivity contribution in [2.24, 2.45) is 5.73 Å². The van der Waals surface area contributed by atoms with Crippen molar-refractivity contribution < 1.29 is 4.79 Å². The van der Waals surface area contributed by atoms with Crippen LogP contribution in [0.2, 0.25) is 0 Å². The molecule has 1 aliphatic rings. The number of carbonyl (C=O) groups excluding carboxylic acids is 1. The van der Waals surface area contributed by atoms with Crippen molar-refractivity contribution in [3.63, 3.8) is 0 Å². The van der Waals surface area contributed by atoms with Gasteiger partial charge in [0.15, 0.2) is 0 Å². The van der Waals surface area contributed by atoms with Gasteiger partial charge in [-0.05, 0) is 44.5 Å². The van der Waals surface area contributed by atoms with Gasteiger partial charge in [-0.25, -0.2) is 4.98 Å². The third-order valence-electron chi connectivity index (χ3n) is 2.93. The van der Waals surface area contributed by atoms with Gasteiger partial charge in [0.25, 0.3) is 5.91 Å². The van der Waals surface area contributed by atoms with Crippen molar-refractivity contribution in [2.45, 2.75) is 25.3 Å². The Labute approximate surface area is 101 Å². The highest BCUT2D eigenvalue weighted by molar-refractivity contribution is 5.91. The standard InChI is InChI=1S/C12H18N4O/c13-12(17)10-4-1-5-11(16-10)15-9-3-2-7-14-8-6-9/h1,4-5,9,14H,2-3,6-8H2,(H2,13,17)(H,15,16). The molecule has 2 heterocycles. The Balaban J connectivity index is 2.01. The molecular weight excluding hydrogens is 216 g/mol. The van der Waals surface area contributed by atoms with Crippen molar-refractivity contribution in [3.05, 3.63) is 23.9 Å². The summed E-state index contributed by atoms with van der Waals surface area (Å²) in [5, 5.41) is 6.72. The van der Waals surface area contributed by atoms with Crippen LogP contribution in [0.4, 0.5) is 5.82 Å². The molecule has 17 heavy (non-hydrogen) atoms. The monoisotopic (exact) mass is 234 g/mol. The van der Waals surface area contributed by atoms with E-state index in [1.165, 1.54) is 0 Å². The molecular formula is C12H18N4O. The number of amides is 1. The average molecular weight is 234 g/mol. The lowest BCUT2D eigenvalue weighted by molar-refractivity contribution is 0.0995. The van der Waals surface area contributed by atoms with E-state index in [4.69, 9.17) is 5.73 Å². The predicted molar refractivity (Wildman–Crippen MR) is 66.9 cm³/mol. The van der Waals surface area contributed by atoms with E-state index < -0.39 is 5.91 Å². The molecule has 5 nitrogen and oxygen atoms in total. The molecule has 0 saturated carbocycles. The molecule has 0 bridgehead atoms. The molecule has 1 saturated heterocycles. The Hall–Kier alpha value is -1.62. The molecule has 1 fully saturated rings. The minimum atomic E-state index is -0.490. The largest absolute Gasteiger partial charge is 0.367 e. The predicted octanol–water partition coefficient (Wildman–Crippen LogP) is 0.734. The second-order valence-corrected chi connectivity index (χ2v) is 4.29. The molecule has 1 aromatic rings. The first kappa shape index (κ1) is 11.9. The third kappa shape index (κ3) is 3.42. The molecule has 2 rings (SSSR count). The fourth-order valence-electron chi connectivity index (χ4n) is 2.02. The maximum Gasteiger partial charge on any atom is 0.267 e. The number of anilines is 1. The van der Waals surface area contributed by atoms with Crippen LogP contribution in [-0.2, 0) is 0 Å². The number of nitrogens with two attached hydrogens (primary N) is 1. The van der Waals surface area contributed by atoms with Crippen molar-refractivity contribution >= 4 is 11.7 Å². The number of hydrogen-bond donors (Lipinski definition) is 3. The lowest BCUT2D eigenvalue weighted by Gasteiger charge is -2.16. The van der Waals surface area contributed by atoms with Crippen LogP contribution in [0.5, 0.6) is 0 Å². The summed E-state index contributed by atoms with van der Waals surface area (Å²) in [6.07, 6.45) is 3.35.